The van der Waals surface area contributed by atoms with E-state index >= 15 is 0 Å². The molecule has 0 saturated carbocycles. The lowest BCUT2D eigenvalue weighted by atomic mass is 10.3. The zero-order valence-electron chi connectivity index (χ0n) is 8.45. The molecule has 0 saturated heterocycles. The van der Waals surface area contributed by atoms with Gasteiger partial charge in [0.2, 0.25) is 0 Å². The van der Waals surface area contributed by atoms with Crippen LogP contribution in [0.3, 0.4) is 0 Å². The molecular weight excluding hydrogens is 196 g/mol. The van der Waals surface area contributed by atoms with Gasteiger partial charge in [0.15, 0.2) is 0 Å². The maximum atomic E-state index is 11.8. The predicted octanol–water partition coefficient (Wildman–Crippen LogP) is 0.257. The van der Waals surface area contributed by atoms with Gasteiger partial charge in [-0.25, -0.2) is 4.79 Å². The van der Waals surface area contributed by atoms with Crippen molar-refractivity contribution in [1.82, 2.24) is 30.0 Å². The van der Waals surface area contributed by atoms with Gasteiger partial charge in [0.25, 0.3) is 0 Å². The van der Waals surface area contributed by atoms with Crippen LogP contribution in [0, 0.1) is 6.92 Å². The fourth-order valence-electron chi connectivity index (χ4n) is 1.28. The average Bonchev–Trinajstić information content (AvgIpc) is 2.85. The van der Waals surface area contributed by atoms with Gasteiger partial charge in [-0.15, -0.1) is 10.2 Å². The number of nitrogens with zero attached hydrogens (tertiary/aromatic N) is 6. The Labute approximate surface area is 85.7 Å². The van der Waals surface area contributed by atoms with Crippen LogP contribution in [-0.2, 0) is 6.42 Å². The van der Waals surface area contributed by atoms with E-state index in [0.717, 1.165) is 22.5 Å². The number of carbonyl (C=O) groups is 1. The second-order valence-electron chi connectivity index (χ2n) is 3.02. The molecule has 0 aliphatic heterocycles. The number of rotatable bonds is 1. The molecule has 0 unspecified atom stereocenters. The van der Waals surface area contributed by atoms with Gasteiger partial charge in [0.1, 0.15) is 0 Å². The zero-order chi connectivity index (χ0) is 10.8. The summed E-state index contributed by atoms with van der Waals surface area (Å²) in [4.78, 5) is 11.8. The Hall–Kier alpha value is -2.05. The third-order valence-electron chi connectivity index (χ3n) is 2.12. The van der Waals surface area contributed by atoms with Crippen LogP contribution < -0.4 is 0 Å². The van der Waals surface area contributed by atoms with E-state index in [-0.39, 0.29) is 6.03 Å². The summed E-state index contributed by atoms with van der Waals surface area (Å²) in [5.41, 5.74) is 1.54. The van der Waals surface area contributed by atoms with Crippen LogP contribution in [0.4, 0.5) is 4.79 Å². The fraction of sp³-hybridized carbons (Fsp3) is 0.375. The number of aryl methyl sites for hydroxylation is 1. The minimum absolute atomic E-state index is 0.378. The second-order valence-corrected chi connectivity index (χ2v) is 3.02. The Morgan fingerprint density at radius 3 is 2.80 bits per heavy atom. The maximum Gasteiger partial charge on any atom is 0.372 e. The Morgan fingerprint density at radius 2 is 2.27 bits per heavy atom. The Kier molecular flexibility index (Phi) is 2.28. The quantitative estimate of drug-likeness (QED) is 0.668. The molecule has 2 heterocycles. The standard InChI is InChI=1S/C8H10N6O/c1-3-7-6(2)14(12-10-7)8(15)13-5-4-9-11-13/h4-5H,3H2,1-2H3. The highest BCUT2D eigenvalue weighted by atomic mass is 16.2. The van der Waals surface area contributed by atoms with Crippen molar-refractivity contribution in [2.45, 2.75) is 20.3 Å². The third kappa shape index (κ3) is 1.51. The topological polar surface area (TPSA) is 78.5 Å². The van der Waals surface area contributed by atoms with Crippen molar-refractivity contribution < 1.29 is 4.79 Å². The summed E-state index contributed by atoms with van der Waals surface area (Å²) < 4.78 is 2.33. The Balaban J connectivity index is 2.38. The Bertz CT molecular complexity index is 471. The molecule has 0 amide bonds. The summed E-state index contributed by atoms with van der Waals surface area (Å²) in [6.07, 6.45) is 3.65. The number of hydrogen-bond acceptors (Lipinski definition) is 5. The fourth-order valence-corrected chi connectivity index (χ4v) is 1.28. The van der Waals surface area contributed by atoms with Crippen LogP contribution >= 0.6 is 0 Å². The molecule has 2 rings (SSSR count). The minimum atomic E-state index is -0.378. The van der Waals surface area contributed by atoms with Crippen LogP contribution in [0.15, 0.2) is 12.4 Å². The van der Waals surface area contributed by atoms with E-state index < -0.39 is 0 Å². The van der Waals surface area contributed by atoms with Crippen molar-refractivity contribution in [2.24, 2.45) is 0 Å². The summed E-state index contributed by atoms with van der Waals surface area (Å²) in [6.45, 7) is 3.76. The smallest absolute Gasteiger partial charge is 0.243 e. The molecule has 0 spiro atoms. The van der Waals surface area contributed by atoms with Crippen molar-refractivity contribution in [3.05, 3.63) is 23.8 Å². The molecule has 0 aliphatic rings. The number of hydrogen-bond donors (Lipinski definition) is 0. The molecule has 0 bridgehead atoms. The molecule has 7 heteroatoms. The van der Waals surface area contributed by atoms with E-state index in [0.29, 0.717) is 0 Å². The summed E-state index contributed by atoms with van der Waals surface area (Å²) >= 11 is 0. The normalized spacial score (nSPS) is 10.5. The first-order valence-electron chi connectivity index (χ1n) is 4.56. The highest BCUT2D eigenvalue weighted by Gasteiger charge is 2.15. The number of carbonyl (C=O) groups excluding carboxylic acids is 1. The minimum Gasteiger partial charge on any atom is -0.243 e. The number of aromatic nitrogens is 6. The van der Waals surface area contributed by atoms with Gasteiger partial charge in [-0.05, 0) is 13.3 Å². The molecule has 2 aromatic heterocycles. The van der Waals surface area contributed by atoms with Crippen molar-refractivity contribution in [3.8, 4) is 0 Å². The van der Waals surface area contributed by atoms with Crippen LogP contribution in [-0.4, -0.2) is 36.0 Å². The molecule has 0 fully saturated rings. The molecule has 78 valence electrons. The molecule has 15 heavy (non-hydrogen) atoms. The largest absolute Gasteiger partial charge is 0.372 e. The predicted molar refractivity (Wildman–Crippen MR) is 50.4 cm³/mol. The molecule has 2 aromatic rings. The van der Waals surface area contributed by atoms with E-state index in [1.165, 1.54) is 17.1 Å². The van der Waals surface area contributed by atoms with Gasteiger partial charge in [-0.3, -0.25) is 0 Å². The van der Waals surface area contributed by atoms with Crippen molar-refractivity contribution in [1.29, 1.82) is 0 Å². The maximum absolute atomic E-state index is 11.8. The lowest BCUT2D eigenvalue weighted by Crippen LogP contribution is -2.22. The SMILES string of the molecule is CCc1nnn(C(=O)n2ccnn2)c1C. The molecule has 0 radical (unpaired) electrons. The van der Waals surface area contributed by atoms with Gasteiger partial charge in [-0.2, -0.15) is 9.36 Å². The van der Waals surface area contributed by atoms with Crippen LogP contribution in [0.1, 0.15) is 18.3 Å². The molecule has 0 atom stereocenters. The van der Waals surface area contributed by atoms with E-state index in [1.807, 2.05) is 6.92 Å². The third-order valence-corrected chi connectivity index (χ3v) is 2.12. The van der Waals surface area contributed by atoms with Crippen molar-refractivity contribution in [3.63, 3.8) is 0 Å². The van der Waals surface area contributed by atoms with E-state index in [9.17, 15) is 4.79 Å². The van der Waals surface area contributed by atoms with Crippen molar-refractivity contribution in [2.75, 3.05) is 0 Å². The zero-order valence-corrected chi connectivity index (χ0v) is 8.45. The van der Waals surface area contributed by atoms with Gasteiger partial charge >= 0.3 is 6.03 Å². The van der Waals surface area contributed by atoms with Gasteiger partial charge < -0.3 is 0 Å². The van der Waals surface area contributed by atoms with Crippen LogP contribution in [0.2, 0.25) is 0 Å². The van der Waals surface area contributed by atoms with Gasteiger partial charge in [-0.1, -0.05) is 17.4 Å². The second kappa shape index (κ2) is 3.60. The van der Waals surface area contributed by atoms with E-state index in [1.54, 1.807) is 6.92 Å². The van der Waals surface area contributed by atoms with E-state index in [4.69, 9.17) is 0 Å². The lowest BCUT2D eigenvalue weighted by molar-refractivity contribution is 0.236. The first kappa shape index (κ1) is 9.50. The van der Waals surface area contributed by atoms with E-state index in [2.05, 4.69) is 20.6 Å². The summed E-state index contributed by atoms with van der Waals surface area (Å²) in [7, 11) is 0. The summed E-state index contributed by atoms with van der Waals surface area (Å²) in [5, 5.41) is 14.8. The van der Waals surface area contributed by atoms with Crippen molar-refractivity contribution >= 4 is 6.03 Å². The summed E-state index contributed by atoms with van der Waals surface area (Å²) in [6, 6.07) is -0.378. The lowest BCUT2D eigenvalue weighted by Gasteiger charge is -1.99. The molecule has 0 N–H and O–H groups in total. The first-order valence-corrected chi connectivity index (χ1v) is 4.56. The highest BCUT2D eigenvalue weighted by Crippen LogP contribution is 2.04. The molecule has 0 aliphatic carbocycles. The summed E-state index contributed by atoms with van der Waals surface area (Å²) in [5.74, 6) is 0. The van der Waals surface area contributed by atoms with Gasteiger partial charge in [0.05, 0.1) is 23.8 Å². The Morgan fingerprint density at radius 1 is 1.47 bits per heavy atom. The highest BCUT2D eigenvalue weighted by molar-refractivity contribution is 5.77. The monoisotopic (exact) mass is 206 g/mol. The van der Waals surface area contributed by atoms with Crippen LogP contribution in [0.25, 0.3) is 0 Å². The molecule has 0 aromatic carbocycles. The average molecular weight is 206 g/mol. The molecular formula is C8H10N6O. The first-order chi connectivity index (χ1) is 7.24. The van der Waals surface area contributed by atoms with Crippen LogP contribution in [0.5, 0.6) is 0 Å². The van der Waals surface area contributed by atoms with Gasteiger partial charge in [0, 0.05) is 0 Å². The molecule has 7 nitrogen and oxygen atoms in total.